The van der Waals surface area contributed by atoms with Crippen LogP contribution in [-0.2, 0) is 0 Å². The molecule has 84 valence electrons. The Morgan fingerprint density at radius 3 is 2.53 bits per heavy atom. The maximum Gasteiger partial charge on any atom is -0.0171 e. The van der Waals surface area contributed by atoms with E-state index in [9.17, 15) is 0 Å². The van der Waals surface area contributed by atoms with Crippen molar-refractivity contribution in [3.05, 3.63) is 22.8 Å². The first kappa shape index (κ1) is 11.0. The quantitative estimate of drug-likeness (QED) is 0.535. The van der Waals surface area contributed by atoms with Crippen LogP contribution in [0.4, 0.5) is 0 Å². The molecule has 0 N–H and O–H groups in total. The average molecular weight is 204 g/mol. The third-order valence-corrected chi connectivity index (χ3v) is 4.45. The van der Waals surface area contributed by atoms with Gasteiger partial charge in [0, 0.05) is 0 Å². The fraction of sp³-hybridized carbons (Fsp3) is 0.733. The molecule has 2 rings (SSSR count). The fourth-order valence-corrected chi connectivity index (χ4v) is 3.24. The third-order valence-electron chi connectivity index (χ3n) is 4.45. The van der Waals surface area contributed by atoms with E-state index < -0.39 is 0 Å². The van der Waals surface area contributed by atoms with Crippen molar-refractivity contribution in [2.24, 2.45) is 17.8 Å². The van der Waals surface area contributed by atoms with E-state index in [1.165, 1.54) is 31.3 Å². The van der Waals surface area contributed by atoms with Crippen LogP contribution in [-0.4, -0.2) is 0 Å². The Morgan fingerprint density at radius 1 is 1.13 bits per heavy atom. The van der Waals surface area contributed by atoms with Crippen LogP contribution in [0.5, 0.6) is 0 Å². The number of fused-ring (bicyclic) bond motifs is 1. The molecule has 3 atom stereocenters. The van der Waals surface area contributed by atoms with Crippen molar-refractivity contribution < 1.29 is 0 Å². The molecule has 0 aromatic carbocycles. The lowest BCUT2D eigenvalue weighted by Crippen LogP contribution is -2.09. The lowest BCUT2D eigenvalue weighted by molar-refractivity contribution is 0.398. The molecule has 1 saturated carbocycles. The molecule has 0 heteroatoms. The van der Waals surface area contributed by atoms with Gasteiger partial charge < -0.3 is 0 Å². The largest absolute Gasteiger partial charge is 0.0732 e. The van der Waals surface area contributed by atoms with E-state index in [1.54, 1.807) is 11.1 Å². The maximum atomic E-state index is 2.54. The van der Waals surface area contributed by atoms with Crippen LogP contribution in [0.25, 0.3) is 0 Å². The van der Waals surface area contributed by atoms with Crippen molar-refractivity contribution in [2.75, 3.05) is 0 Å². The molecule has 0 saturated heterocycles. The van der Waals surface area contributed by atoms with E-state index in [0.29, 0.717) is 0 Å². The second kappa shape index (κ2) is 4.15. The van der Waals surface area contributed by atoms with Crippen LogP contribution in [0.2, 0.25) is 0 Å². The topological polar surface area (TPSA) is 0 Å². The van der Waals surface area contributed by atoms with Crippen molar-refractivity contribution in [2.45, 2.75) is 53.4 Å². The molecule has 0 bridgehead atoms. The Bertz CT molecular complexity index is 302. The minimum atomic E-state index is 0.838. The second-order valence-corrected chi connectivity index (χ2v) is 5.77. The molecule has 0 unspecified atom stereocenters. The van der Waals surface area contributed by atoms with Gasteiger partial charge in [-0.3, -0.25) is 0 Å². The first-order chi connectivity index (χ1) is 7.09. The summed E-state index contributed by atoms with van der Waals surface area (Å²) in [5.41, 5.74) is 4.90. The average Bonchev–Trinajstić information content (AvgIpc) is 2.43. The highest BCUT2D eigenvalue weighted by Crippen LogP contribution is 2.45. The standard InChI is InChI=1S/C15H24/c1-10(2)13-7-5-11(3)14-8-6-12(4)15(14)9-13/h9,11-12,14H,5-8H2,1-4H3/t11-,12+,14+/m0/s1. The van der Waals surface area contributed by atoms with Crippen molar-refractivity contribution in [1.29, 1.82) is 0 Å². The molecular weight excluding hydrogens is 180 g/mol. The molecule has 0 amide bonds. The van der Waals surface area contributed by atoms with Crippen LogP contribution in [0.15, 0.2) is 22.8 Å². The van der Waals surface area contributed by atoms with E-state index in [2.05, 4.69) is 33.8 Å². The Morgan fingerprint density at radius 2 is 1.87 bits per heavy atom. The van der Waals surface area contributed by atoms with Gasteiger partial charge in [-0.15, -0.1) is 0 Å². The highest BCUT2D eigenvalue weighted by Gasteiger charge is 2.32. The summed E-state index contributed by atoms with van der Waals surface area (Å²) in [7, 11) is 0. The molecule has 2 aliphatic rings. The monoisotopic (exact) mass is 204 g/mol. The van der Waals surface area contributed by atoms with Gasteiger partial charge in [-0.25, -0.2) is 0 Å². The summed E-state index contributed by atoms with van der Waals surface area (Å²) in [6.45, 7) is 9.38. The second-order valence-electron chi connectivity index (χ2n) is 5.77. The van der Waals surface area contributed by atoms with Crippen molar-refractivity contribution >= 4 is 0 Å². The van der Waals surface area contributed by atoms with Gasteiger partial charge in [0.1, 0.15) is 0 Å². The zero-order valence-electron chi connectivity index (χ0n) is 10.6. The third kappa shape index (κ3) is 2.04. The molecule has 0 aliphatic heterocycles. The van der Waals surface area contributed by atoms with Crippen LogP contribution < -0.4 is 0 Å². The molecule has 0 aromatic rings. The molecule has 0 aromatic heterocycles. The zero-order chi connectivity index (χ0) is 11.0. The first-order valence-corrected chi connectivity index (χ1v) is 6.47. The normalized spacial score (nSPS) is 35.9. The highest BCUT2D eigenvalue weighted by molar-refractivity contribution is 5.33. The summed E-state index contributed by atoms with van der Waals surface area (Å²) in [6, 6.07) is 0. The van der Waals surface area contributed by atoms with Crippen LogP contribution in [0.3, 0.4) is 0 Å². The minimum absolute atomic E-state index is 0.838. The van der Waals surface area contributed by atoms with E-state index in [0.717, 1.165) is 17.8 Å². The SMILES string of the molecule is CC(C)=C1C=C2[C@H](C)CC[C@@H]2[C@@H](C)CC1. The summed E-state index contributed by atoms with van der Waals surface area (Å²) in [5, 5.41) is 0. The van der Waals surface area contributed by atoms with Crippen molar-refractivity contribution in [3.8, 4) is 0 Å². The van der Waals surface area contributed by atoms with Gasteiger partial charge in [0.2, 0.25) is 0 Å². The molecule has 2 aliphatic carbocycles. The summed E-state index contributed by atoms with van der Waals surface area (Å²) in [6.07, 6.45) is 8.08. The van der Waals surface area contributed by atoms with Crippen LogP contribution >= 0.6 is 0 Å². The predicted octanol–water partition coefficient (Wildman–Crippen LogP) is 4.73. The van der Waals surface area contributed by atoms with E-state index in [1.807, 2.05) is 0 Å². The Balaban J connectivity index is 2.36. The Kier molecular flexibility index (Phi) is 3.04. The van der Waals surface area contributed by atoms with E-state index in [-0.39, 0.29) is 0 Å². The molecular formula is C15H24. The van der Waals surface area contributed by atoms with Crippen molar-refractivity contribution in [3.63, 3.8) is 0 Å². The number of hydrogen-bond donors (Lipinski definition) is 0. The van der Waals surface area contributed by atoms with Gasteiger partial charge >= 0.3 is 0 Å². The molecule has 15 heavy (non-hydrogen) atoms. The van der Waals surface area contributed by atoms with Gasteiger partial charge in [0.15, 0.2) is 0 Å². The molecule has 0 radical (unpaired) electrons. The molecule has 0 spiro atoms. The minimum Gasteiger partial charge on any atom is -0.0732 e. The zero-order valence-corrected chi connectivity index (χ0v) is 10.6. The van der Waals surface area contributed by atoms with E-state index in [4.69, 9.17) is 0 Å². The summed E-state index contributed by atoms with van der Waals surface area (Å²) in [5.74, 6) is 2.64. The summed E-state index contributed by atoms with van der Waals surface area (Å²) in [4.78, 5) is 0. The Hall–Kier alpha value is -0.520. The number of allylic oxidation sites excluding steroid dienone is 4. The van der Waals surface area contributed by atoms with Crippen LogP contribution in [0, 0.1) is 17.8 Å². The van der Waals surface area contributed by atoms with Gasteiger partial charge in [-0.1, -0.05) is 31.1 Å². The maximum absolute atomic E-state index is 2.54. The van der Waals surface area contributed by atoms with Gasteiger partial charge in [-0.05, 0) is 62.9 Å². The molecule has 0 nitrogen and oxygen atoms in total. The van der Waals surface area contributed by atoms with Gasteiger partial charge in [0.05, 0.1) is 0 Å². The summed E-state index contributed by atoms with van der Waals surface area (Å²) >= 11 is 0. The summed E-state index contributed by atoms with van der Waals surface area (Å²) < 4.78 is 0. The van der Waals surface area contributed by atoms with Gasteiger partial charge in [0.25, 0.3) is 0 Å². The smallest absolute Gasteiger partial charge is 0.0171 e. The lowest BCUT2D eigenvalue weighted by atomic mass is 9.87. The van der Waals surface area contributed by atoms with E-state index >= 15 is 0 Å². The molecule has 1 fully saturated rings. The highest BCUT2D eigenvalue weighted by atomic mass is 14.4. The van der Waals surface area contributed by atoms with Gasteiger partial charge in [-0.2, -0.15) is 0 Å². The number of rotatable bonds is 0. The predicted molar refractivity (Wildman–Crippen MR) is 66.7 cm³/mol. The Labute approximate surface area is 94.5 Å². The van der Waals surface area contributed by atoms with Crippen molar-refractivity contribution in [1.82, 2.24) is 0 Å². The number of hydrogen-bond acceptors (Lipinski definition) is 0. The lowest BCUT2D eigenvalue weighted by Gasteiger charge is -2.18. The fourth-order valence-electron chi connectivity index (χ4n) is 3.24. The molecule has 0 heterocycles. The first-order valence-electron chi connectivity index (χ1n) is 6.47. The van der Waals surface area contributed by atoms with Crippen LogP contribution in [0.1, 0.15) is 53.4 Å².